The van der Waals surface area contributed by atoms with Gasteiger partial charge in [-0.05, 0) is 24.3 Å². The summed E-state index contributed by atoms with van der Waals surface area (Å²) in [6, 6.07) is 11.1. The van der Waals surface area contributed by atoms with Crippen LogP contribution in [0.5, 0.6) is 0 Å². The van der Waals surface area contributed by atoms with Crippen molar-refractivity contribution in [3.63, 3.8) is 0 Å². The maximum atomic E-state index is 12.1. The minimum absolute atomic E-state index is 0.00526. The average Bonchev–Trinajstić information content (AvgIpc) is 2.51. The van der Waals surface area contributed by atoms with E-state index in [0.717, 1.165) is 10.6 Å². The van der Waals surface area contributed by atoms with E-state index in [0.29, 0.717) is 11.4 Å². The van der Waals surface area contributed by atoms with Crippen molar-refractivity contribution < 1.29 is 9.59 Å². The van der Waals surface area contributed by atoms with Gasteiger partial charge in [0.05, 0.1) is 23.3 Å². The van der Waals surface area contributed by atoms with Crippen molar-refractivity contribution in [1.82, 2.24) is 4.98 Å². The third kappa shape index (κ3) is 3.05. The van der Waals surface area contributed by atoms with Crippen LogP contribution in [0.15, 0.2) is 53.7 Å². The SMILES string of the molecule is O=C(CN1C(=O)CSc2ccccc21)Nc1cccnc1. The molecule has 0 bridgehead atoms. The number of carbonyl (C=O) groups excluding carboxylic acids is 2. The Morgan fingerprint density at radius 2 is 2.14 bits per heavy atom. The second-order valence-corrected chi connectivity index (χ2v) is 5.54. The number of hydrogen-bond donors (Lipinski definition) is 1. The number of thioether (sulfide) groups is 1. The number of aromatic nitrogens is 1. The second-order valence-electron chi connectivity index (χ2n) is 4.53. The van der Waals surface area contributed by atoms with Gasteiger partial charge in [0.25, 0.3) is 0 Å². The quantitative estimate of drug-likeness (QED) is 0.943. The number of nitrogens with zero attached hydrogens (tertiary/aromatic N) is 2. The highest BCUT2D eigenvalue weighted by Gasteiger charge is 2.26. The molecule has 0 fully saturated rings. The van der Waals surface area contributed by atoms with Crippen LogP contribution in [0.3, 0.4) is 0 Å². The van der Waals surface area contributed by atoms with Crippen LogP contribution >= 0.6 is 11.8 Å². The number of amides is 2. The van der Waals surface area contributed by atoms with E-state index in [-0.39, 0.29) is 18.4 Å². The molecule has 0 radical (unpaired) electrons. The lowest BCUT2D eigenvalue weighted by Crippen LogP contribution is -2.41. The Morgan fingerprint density at radius 3 is 2.95 bits per heavy atom. The highest BCUT2D eigenvalue weighted by atomic mass is 32.2. The standard InChI is InChI=1S/C15H13N3O2S/c19-14(17-11-4-3-7-16-8-11)9-18-12-5-1-2-6-13(12)21-10-15(18)20/h1-8H,9-10H2,(H,17,19). The lowest BCUT2D eigenvalue weighted by Gasteiger charge is -2.28. The Balaban J connectivity index is 1.75. The van der Waals surface area contributed by atoms with Gasteiger partial charge in [-0.2, -0.15) is 0 Å². The van der Waals surface area contributed by atoms with Crippen molar-refractivity contribution in [2.75, 3.05) is 22.5 Å². The van der Waals surface area contributed by atoms with Gasteiger partial charge in [0.1, 0.15) is 6.54 Å². The molecule has 3 rings (SSSR count). The van der Waals surface area contributed by atoms with E-state index in [4.69, 9.17) is 0 Å². The Kier molecular flexibility index (Phi) is 3.87. The van der Waals surface area contributed by atoms with Gasteiger partial charge in [-0.1, -0.05) is 12.1 Å². The molecule has 0 atom stereocenters. The van der Waals surface area contributed by atoms with Crippen LogP contribution in [0.25, 0.3) is 0 Å². The van der Waals surface area contributed by atoms with Gasteiger partial charge in [-0.3, -0.25) is 14.6 Å². The lowest BCUT2D eigenvalue weighted by atomic mass is 10.2. The van der Waals surface area contributed by atoms with E-state index < -0.39 is 0 Å². The first-order valence-electron chi connectivity index (χ1n) is 6.46. The van der Waals surface area contributed by atoms with Crippen molar-refractivity contribution in [2.45, 2.75) is 4.90 Å². The number of anilines is 2. The number of nitrogens with one attached hydrogen (secondary N) is 1. The van der Waals surface area contributed by atoms with Gasteiger partial charge >= 0.3 is 0 Å². The summed E-state index contributed by atoms with van der Waals surface area (Å²) in [5, 5.41) is 2.74. The first-order chi connectivity index (χ1) is 10.2. The predicted octanol–water partition coefficient (Wildman–Crippen LogP) is 2.16. The maximum Gasteiger partial charge on any atom is 0.244 e. The van der Waals surface area contributed by atoms with Crippen LogP contribution in [0, 0.1) is 0 Å². The van der Waals surface area contributed by atoms with Crippen LogP contribution < -0.4 is 10.2 Å². The second kappa shape index (κ2) is 5.97. The summed E-state index contributed by atoms with van der Waals surface area (Å²) in [6.07, 6.45) is 3.21. The fraction of sp³-hybridized carbons (Fsp3) is 0.133. The van der Waals surface area contributed by atoms with Gasteiger partial charge < -0.3 is 10.2 Å². The van der Waals surface area contributed by atoms with Crippen molar-refractivity contribution in [3.8, 4) is 0 Å². The fourth-order valence-electron chi connectivity index (χ4n) is 2.11. The molecular weight excluding hydrogens is 286 g/mol. The fourth-order valence-corrected chi connectivity index (χ4v) is 3.04. The molecule has 106 valence electrons. The highest BCUT2D eigenvalue weighted by molar-refractivity contribution is 8.00. The van der Waals surface area contributed by atoms with E-state index in [1.165, 1.54) is 16.7 Å². The van der Waals surface area contributed by atoms with E-state index in [1.54, 1.807) is 24.5 Å². The van der Waals surface area contributed by atoms with Crippen molar-refractivity contribution in [1.29, 1.82) is 0 Å². The number of pyridine rings is 1. The Labute approximate surface area is 126 Å². The number of carbonyl (C=O) groups is 2. The summed E-state index contributed by atoms with van der Waals surface area (Å²) in [7, 11) is 0. The largest absolute Gasteiger partial charge is 0.323 e. The predicted molar refractivity (Wildman–Crippen MR) is 82.4 cm³/mol. The van der Waals surface area contributed by atoms with Crippen molar-refractivity contribution in [3.05, 3.63) is 48.8 Å². The minimum atomic E-state index is -0.238. The number of benzene rings is 1. The van der Waals surface area contributed by atoms with Gasteiger partial charge in [-0.25, -0.2) is 0 Å². The van der Waals surface area contributed by atoms with E-state index in [2.05, 4.69) is 10.3 Å². The molecule has 1 aliphatic heterocycles. The molecule has 0 aliphatic carbocycles. The molecule has 2 amide bonds. The molecule has 1 aliphatic rings. The van der Waals surface area contributed by atoms with Crippen molar-refractivity contribution >= 4 is 35.0 Å². The van der Waals surface area contributed by atoms with Crippen molar-refractivity contribution in [2.24, 2.45) is 0 Å². The zero-order chi connectivity index (χ0) is 14.7. The number of fused-ring (bicyclic) bond motifs is 1. The molecule has 2 aromatic rings. The first kappa shape index (κ1) is 13.6. The normalized spacial score (nSPS) is 13.7. The molecule has 5 nitrogen and oxygen atoms in total. The van der Waals surface area contributed by atoms with Crippen LogP contribution in [0.2, 0.25) is 0 Å². The van der Waals surface area contributed by atoms with E-state index in [9.17, 15) is 9.59 Å². The van der Waals surface area contributed by atoms with Gasteiger partial charge in [0.2, 0.25) is 11.8 Å². The lowest BCUT2D eigenvalue weighted by molar-refractivity contribution is -0.120. The van der Waals surface area contributed by atoms with Gasteiger partial charge in [-0.15, -0.1) is 11.8 Å². The van der Waals surface area contributed by atoms with E-state index >= 15 is 0 Å². The Morgan fingerprint density at radius 1 is 1.29 bits per heavy atom. The van der Waals surface area contributed by atoms with Crippen LogP contribution in [0.4, 0.5) is 11.4 Å². The summed E-state index contributed by atoms with van der Waals surface area (Å²) in [5.41, 5.74) is 1.41. The molecule has 0 saturated heterocycles. The molecule has 2 heterocycles. The smallest absolute Gasteiger partial charge is 0.244 e. The molecule has 21 heavy (non-hydrogen) atoms. The molecule has 0 spiro atoms. The molecule has 0 saturated carbocycles. The zero-order valence-corrected chi connectivity index (χ0v) is 12.0. The Bertz CT molecular complexity index is 676. The number of para-hydroxylation sites is 1. The van der Waals surface area contributed by atoms with E-state index in [1.807, 2.05) is 24.3 Å². The number of hydrogen-bond acceptors (Lipinski definition) is 4. The Hall–Kier alpha value is -2.34. The van der Waals surface area contributed by atoms with Crippen LogP contribution in [0.1, 0.15) is 0 Å². The third-order valence-electron chi connectivity index (χ3n) is 3.06. The molecule has 1 N–H and O–H groups in total. The third-order valence-corrected chi connectivity index (χ3v) is 4.10. The summed E-state index contributed by atoms with van der Waals surface area (Å²) >= 11 is 1.50. The molecule has 6 heteroatoms. The summed E-state index contributed by atoms with van der Waals surface area (Å²) in [4.78, 5) is 30.6. The molecular formula is C15H13N3O2S. The number of rotatable bonds is 3. The van der Waals surface area contributed by atoms with Gasteiger partial charge in [0.15, 0.2) is 0 Å². The first-order valence-corrected chi connectivity index (χ1v) is 7.44. The molecule has 0 unspecified atom stereocenters. The minimum Gasteiger partial charge on any atom is -0.323 e. The molecule has 1 aromatic heterocycles. The van der Waals surface area contributed by atoms with Crippen LogP contribution in [-0.4, -0.2) is 29.1 Å². The molecule has 1 aromatic carbocycles. The maximum absolute atomic E-state index is 12.1. The topological polar surface area (TPSA) is 62.3 Å². The summed E-state index contributed by atoms with van der Waals surface area (Å²) in [5.74, 6) is 0.0649. The van der Waals surface area contributed by atoms with Gasteiger partial charge in [0, 0.05) is 11.1 Å². The monoisotopic (exact) mass is 299 g/mol. The zero-order valence-electron chi connectivity index (χ0n) is 11.2. The highest BCUT2D eigenvalue weighted by Crippen LogP contribution is 2.34. The van der Waals surface area contributed by atoms with Crippen LogP contribution in [-0.2, 0) is 9.59 Å². The summed E-state index contributed by atoms with van der Waals surface area (Å²) in [6.45, 7) is 0.00526. The summed E-state index contributed by atoms with van der Waals surface area (Å²) < 4.78 is 0. The average molecular weight is 299 g/mol.